The van der Waals surface area contributed by atoms with Gasteiger partial charge in [-0.1, -0.05) is 25.3 Å². The van der Waals surface area contributed by atoms with E-state index in [0.29, 0.717) is 11.3 Å². The SMILES string of the molecule is CN(C(=O)CS(=O)(=O)Cc1cn2ccccc2n1)C1CCCCC1. The maximum absolute atomic E-state index is 12.4. The van der Waals surface area contributed by atoms with Crippen molar-refractivity contribution in [2.24, 2.45) is 0 Å². The largest absolute Gasteiger partial charge is 0.342 e. The van der Waals surface area contributed by atoms with Crippen molar-refractivity contribution in [2.45, 2.75) is 43.9 Å². The van der Waals surface area contributed by atoms with Gasteiger partial charge in [-0.25, -0.2) is 13.4 Å². The van der Waals surface area contributed by atoms with Crippen LogP contribution in [0, 0.1) is 0 Å². The molecule has 24 heavy (non-hydrogen) atoms. The smallest absolute Gasteiger partial charge is 0.237 e. The molecule has 0 N–H and O–H groups in total. The van der Waals surface area contributed by atoms with Crippen molar-refractivity contribution < 1.29 is 13.2 Å². The molecule has 0 aliphatic heterocycles. The predicted octanol–water partition coefficient (Wildman–Crippen LogP) is 2.04. The number of fused-ring (bicyclic) bond motifs is 1. The molecular weight excluding hydrogens is 326 g/mol. The Morgan fingerprint density at radius 2 is 2.04 bits per heavy atom. The van der Waals surface area contributed by atoms with E-state index in [2.05, 4.69) is 4.98 Å². The van der Waals surface area contributed by atoms with Crippen LogP contribution in [0.1, 0.15) is 37.8 Å². The van der Waals surface area contributed by atoms with Gasteiger partial charge in [0.05, 0.1) is 11.4 Å². The number of sulfone groups is 1. The zero-order valence-electron chi connectivity index (χ0n) is 13.9. The molecule has 0 unspecified atom stereocenters. The molecule has 1 aliphatic carbocycles. The summed E-state index contributed by atoms with van der Waals surface area (Å²) in [5, 5.41) is 0. The van der Waals surface area contributed by atoms with Crippen molar-refractivity contribution in [1.82, 2.24) is 14.3 Å². The Bertz CT molecular complexity index is 789. The second-order valence-corrected chi connectivity index (χ2v) is 8.59. The van der Waals surface area contributed by atoms with Gasteiger partial charge in [-0.15, -0.1) is 0 Å². The summed E-state index contributed by atoms with van der Waals surface area (Å²) in [5.41, 5.74) is 1.17. The van der Waals surface area contributed by atoms with Crippen LogP contribution in [0.15, 0.2) is 30.6 Å². The Morgan fingerprint density at radius 3 is 2.75 bits per heavy atom. The van der Waals surface area contributed by atoms with E-state index in [1.165, 1.54) is 6.42 Å². The van der Waals surface area contributed by atoms with Crippen molar-refractivity contribution >= 4 is 21.4 Å². The minimum Gasteiger partial charge on any atom is -0.342 e. The van der Waals surface area contributed by atoms with Crippen LogP contribution in [0.3, 0.4) is 0 Å². The number of imidazole rings is 1. The highest BCUT2D eigenvalue weighted by Crippen LogP contribution is 2.22. The molecule has 0 bridgehead atoms. The van der Waals surface area contributed by atoms with Crippen LogP contribution in [0.4, 0.5) is 0 Å². The standard InChI is InChI=1S/C17H23N3O3S/c1-19(15-7-3-2-4-8-15)17(21)13-24(22,23)12-14-11-20-10-6-5-9-16(20)18-14/h5-6,9-11,15H,2-4,7-8,12-13H2,1H3. The first-order valence-corrected chi connectivity index (χ1v) is 10.2. The first kappa shape index (κ1) is 17.0. The predicted molar refractivity (Wildman–Crippen MR) is 92.3 cm³/mol. The molecule has 2 heterocycles. The molecule has 130 valence electrons. The third-order valence-electron chi connectivity index (χ3n) is 4.64. The lowest BCUT2D eigenvalue weighted by atomic mass is 9.94. The Morgan fingerprint density at radius 1 is 1.29 bits per heavy atom. The third kappa shape index (κ3) is 3.95. The normalized spacial score (nSPS) is 16.4. The molecule has 0 aromatic carbocycles. The van der Waals surface area contributed by atoms with Gasteiger partial charge in [0.1, 0.15) is 11.4 Å². The minimum absolute atomic E-state index is 0.177. The monoisotopic (exact) mass is 349 g/mol. The van der Waals surface area contributed by atoms with Gasteiger partial charge in [0.2, 0.25) is 5.91 Å². The van der Waals surface area contributed by atoms with Gasteiger partial charge in [0.25, 0.3) is 0 Å². The second-order valence-electron chi connectivity index (χ2n) is 6.53. The van der Waals surface area contributed by atoms with E-state index in [1.807, 2.05) is 24.4 Å². The second kappa shape index (κ2) is 6.93. The molecule has 1 aliphatic rings. The summed E-state index contributed by atoms with van der Waals surface area (Å²) < 4.78 is 26.5. The van der Waals surface area contributed by atoms with E-state index in [0.717, 1.165) is 25.7 Å². The molecular formula is C17H23N3O3S. The molecule has 2 aromatic heterocycles. The topological polar surface area (TPSA) is 71.8 Å². The Balaban J connectivity index is 1.65. The average Bonchev–Trinajstić information content (AvgIpc) is 2.95. The van der Waals surface area contributed by atoms with Gasteiger partial charge >= 0.3 is 0 Å². The van der Waals surface area contributed by atoms with E-state index < -0.39 is 15.6 Å². The summed E-state index contributed by atoms with van der Waals surface area (Å²) in [5.74, 6) is -0.974. The first-order valence-electron chi connectivity index (χ1n) is 8.33. The molecule has 0 saturated heterocycles. The van der Waals surface area contributed by atoms with Crippen LogP contribution in [0.25, 0.3) is 5.65 Å². The fourth-order valence-electron chi connectivity index (χ4n) is 3.29. The Kier molecular flexibility index (Phi) is 4.89. The average molecular weight is 349 g/mol. The fourth-order valence-corrected chi connectivity index (χ4v) is 4.57. The third-order valence-corrected chi connectivity index (χ3v) is 6.06. The molecule has 0 atom stereocenters. The van der Waals surface area contributed by atoms with Crippen molar-refractivity contribution in [3.63, 3.8) is 0 Å². The van der Waals surface area contributed by atoms with E-state index in [-0.39, 0.29) is 17.7 Å². The minimum atomic E-state index is -3.53. The number of pyridine rings is 1. The van der Waals surface area contributed by atoms with Crippen LogP contribution in [0.2, 0.25) is 0 Å². The summed E-state index contributed by atoms with van der Waals surface area (Å²) >= 11 is 0. The zero-order valence-corrected chi connectivity index (χ0v) is 14.7. The number of hydrogen-bond acceptors (Lipinski definition) is 4. The summed E-state index contributed by atoms with van der Waals surface area (Å²) in [6.07, 6.45) is 8.86. The highest BCUT2D eigenvalue weighted by atomic mass is 32.2. The zero-order chi connectivity index (χ0) is 17.2. The summed E-state index contributed by atoms with van der Waals surface area (Å²) in [6, 6.07) is 5.70. The molecule has 2 aromatic rings. The molecule has 6 nitrogen and oxygen atoms in total. The summed E-state index contributed by atoms with van der Waals surface area (Å²) in [4.78, 5) is 18.3. The number of carbonyl (C=O) groups excluding carboxylic acids is 1. The number of carbonyl (C=O) groups is 1. The lowest BCUT2D eigenvalue weighted by molar-refractivity contribution is -0.129. The maximum atomic E-state index is 12.4. The van der Waals surface area contributed by atoms with E-state index in [4.69, 9.17) is 0 Å². The Labute approximate surface area is 142 Å². The number of hydrogen-bond donors (Lipinski definition) is 0. The molecule has 1 saturated carbocycles. The fraction of sp³-hybridized carbons (Fsp3) is 0.529. The molecule has 3 rings (SSSR count). The van der Waals surface area contributed by atoms with E-state index in [9.17, 15) is 13.2 Å². The number of amides is 1. The maximum Gasteiger partial charge on any atom is 0.237 e. The van der Waals surface area contributed by atoms with E-state index >= 15 is 0 Å². The first-order chi connectivity index (χ1) is 11.4. The van der Waals surface area contributed by atoms with Crippen LogP contribution in [-0.4, -0.2) is 47.5 Å². The molecule has 0 radical (unpaired) electrons. The van der Waals surface area contributed by atoms with Crippen molar-refractivity contribution in [3.05, 3.63) is 36.3 Å². The lowest BCUT2D eigenvalue weighted by Crippen LogP contribution is -2.41. The van der Waals surface area contributed by atoms with Gasteiger partial charge < -0.3 is 9.30 Å². The van der Waals surface area contributed by atoms with Gasteiger partial charge in [-0.05, 0) is 25.0 Å². The lowest BCUT2D eigenvalue weighted by Gasteiger charge is -2.31. The van der Waals surface area contributed by atoms with Gasteiger partial charge in [0.15, 0.2) is 9.84 Å². The highest BCUT2D eigenvalue weighted by Gasteiger charge is 2.26. The molecule has 1 fully saturated rings. The van der Waals surface area contributed by atoms with Crippen molar-refractivity contribution in [1.29, 1.82) is 0 Å². The number of rotatable bonds is 5. The van der Waals surface area contributed by atoms with Crippen molar-refractivity contribution in [2.75, 3.05) is 12.8 Å². The molecule has 7 heteroatoms. The van der Waals surface area contributed by atoms with Crippen LogP contribution in [-0.2, 0) is 20.4 Å². The number of nitrogens with zero attached hydrogens (tertiary/aromatic N) is 3. The molecule has 0 spiro atoms. The van der Waals surface area contributed by atoms with Gasteiger partial charge in [-0.3, -0.25) is 4.79 Å². The summed E-state index contributed by atoms with van der Waals surface area (Å²) in [7, 11) is -1.81. The quantitative estimate of drug-likeness (QED) is 0.828. The van der Waals surface area contributed by atoms with Crippen LogP contribution < -0.4 is 0 Å². The number of aromatic nitrogens is 2. The van der Waals surface area contributed by atoms with Crippen molar-refractivity contribution in [3.8, 4) is 0 Å². The Hall–Kier alpha value is -1.89. The van der Waals surface area contributed by atoms with Gasteiger partial charge in [0, 0.05) is 25.5 Å². The van der Waals surface area contributed by atoms with Crippen LogP contribution >= 0.6 is 0 Å². The highest BCUT2D eigenvalue weighted by molar-refractivity contribution is 7.91. The summed E-state index contributed by atoms with van der Waals surface area (Å²) in [6.45, 7) is 0. The molecule has 1 amide bonds. The van der Waals surface area contributed by atoms with E-state index in [1.54, 1.807) is 22.5 Å². The van der Waals surface area contributed by atoms with Gasteiger partial charge in [-0.2, -0.15) is 0 Å². The van der Waals surface area contributed by atoms with Crippen LogP contribution in [0.5, 0.6) is 0 Å².